The summed E-state index contributed by atoms with van der Waals surface area (Å²) in [5.41, 5.74) is 2.61. The summed E-state index contributed by atoms with van der Waals surface area (Å²) in [5, 5.41) is 3.37. The van der Waals surface area contributed by atoms with Gasteiger partial charge < -0.3 is 10.2 Å². The van der Waals surface area contributed by atoms with Gasteiger partial charge in [-0.2, -0.15) is 0 Å². The summed E-state index contributed by atoms with van der Waals surface area (Å²) in [6.07, 6.45) is 4.09. The van der Waals surface area contributed by atoms with Crippen LogP contribution in [-0.4, -0.2) is 63.1 Å². The lowest BCUT2D eigenvalue weighted by atomic mass is 9.98. The molecule has 0 aliphatic carbocycles. The Labute approximate surface area is 187 Å². The average Bonchev–Trinajstić information content (AvgIpc) is 2.65. The van der Waals surface area contributed by atoms with Crippen LogP contribution >= 0.6 is 24.0 Å². The molecule has 0 spiro atoms. The first-order chi connectivity index (χ1) is 12.8. The zero-order valence-electron chi connectivity index (χ0n) is 17.5. The molecule has 0 radical (unpaired) electrons. The molecule has 1 saturated heterocycles. The van der Waals surface area contributed by atoms with Crippen LogP contribution in [0.1, 0.15) is 37.8 Å². The van der Waals surface area contributed by atoms with Gasteiger partial charge in [0, 0.05) is 39.8 Å². The molecule has 1 aromatic carbocycles. The highest BCUT2D eigenvalue weighted by Gasteiger charge is 2.24. The van der Waals surface area contributed by atoms with Crippen LogP contribution in [0, 0.1) is 5.92 Å². The van der Waals surface area contributed by atoms with Gasteiger partial charge in [0.2, 0.25) is 10.0 Å². The molecule has 1 aliphatic heterocycles. The summed E-state index contributed by atoms with van der Waals surface area (Å²) in [6.45, 7) is 7.82. The van der Waals surface area contributed by atoms with Crippen molar-refractivity contribution in [1.29, 1.82) is 0 Å². The van der Waals surface area contributed by atoms with Crippen LogP contribution in [0.25, 0.3) is 0 Å². The number of nitrogens with one attached hydrogen (secondary N) is 1. The molecule has 1 aromatic rings. The highest BCUT2D eigenvalue weighted by Crippen LogP contribution is 2.19. The lowest BCUT2D eigenvalue weighted by molar-refractivity contribution is 0.279. The highest BCUT2D eigenvalue weighted by atomic mass is 127. The third-order valence-electron chi connectivity index (χ3n) is 5.09. The van der Waals surface area contributed by atoms with Gasteiger partial charge in [-0.3, -0.25) is 4.99 Å². The molecule has 1 fully saturated rings. The monoisotopic (exact) mass is 522 g/mol. The third kappa shape index (κ3) is 7.87. The Morgan fingerprint density at radius 3 is 2.25 bits per heavy atom. The van der Waals surface area contributed by atoms with Crippen LogP contribution in [-0.2, 0) is 23.0 Å². The Bertz CT molecular complexity index is 714. The fourth-order valence-corrected chi connectivity index (χ4v) is 4.21. The van der Waals surface area contributed by atoms with Crippen molar-refractivity contribution in [1.82, 2.24) is 14.5 Å². The van der Waals surface area contributed by atoms with Gasteiger partial charge in [-0.05, 0) is 43.2 Å². The molecule has 28 heavy (non-hydrogen) atoms. The summed E-state index contributed by atoms with van der Waals surface area (Å²) in [4.78, 5) is 6.97. The standard InChI is InChI=1S/C20H34N4O2S.HI/c1-5-17-7-9-19(10-8-17)16-23(3)20(21-6-2)22-15-18-11-13-24(14-12-18)27(4,25)26;/h7-10,18H,5-6,11-16H2,1-4H3,(H,21,22);1H. The maximum Gasteiger partial charge on any atom is 0.211 e. The Morgan fingerprint density at radius 2 is 1.75 bits per heavy atom. The molecule has 1 aliphatic rings. The minimum absolute atomic E-state index is 0. The number of sulfonamides is 1. The van der Waals surface area contributed by atoms with E-state index in [-0.39, 0.29) is 24.0 Å². The largest absolute Gasteiger partial charge is 0.357 e. The Kier molecular flexibility index (Phi) is 10.8. The minimum Gasteiger partial charge on any atom is -0.357 e. The Balaban J connectivity index is 0.00000392. The molecule has 0 saturated carbocycles. The van der Waals surface area contributed by atoms with Gasteiger partial charge in [-0.15, -0.1) is 24.0 Å². The fraction of sp³-hybridized carbons (Fsp3) is 0.650. The summed E-state index contributed by atoms with van der Waals surface area (Å²) in [7, 11) is -1.01. The first-order valence-electron chi connectivity index (χ1n) is 9.85. The van der Waals surface area contributed by atoms with E-state index in [1.165, 1.54) is 17.4 Å². The van der Waals surface area contributed by atoms with E-state index in [0.717, 1.165) is 44.9 Å². The summed E-state index contributed by atoms with van der Waals surface area (Å²) < 4.78 is 24.8. The van der Waals surface area contributed by atoms with Gasteiger partial charge in [0.05, 0.1) is 6.26 Å². The maximum atomic E-state index is 11.6. The first kappa shape index (κ1) is 25.2. The van der Waals surface area contributed by atoms with E-state index in [0.29, 0.717) is 19.0 Å². The van der Waals surface area contributed by atoms with Crippen molar-refractivity contribution in [2.24, 2.45) is 10.9 Å². The molecule has 0 bridgehead atoms. The van der Waals surface area contributed by atoms with Gasteiger partial charge in [0.25, 0.3) is 0 Å². The van der Waals surface area contributed by atoms with Crippen LogP contribution < -0.4 is 5.32 Å². The second-order valence-corrected chi connectivity index (χ2v) is 9.31. The molecular formula is C20H35IN4O2S. The van der Waals surface area contributed by atoms with Gasteiger partial charge in [-0.1, -0.05) is 31.2 Å². The molecule has 0 aromatic heterocycles. The van der Waals surface area contributed by atoms with Crippen LogP contribution in [0.5, 0.6) is 0 Å². The zero-order chi connectivity index (χ0) is 19.9. The topological polar surface area (TPSA) is 65.0 Å². The number of aryl methyl sites for hydroxylation is 1. The van der Waals surface area contributed by atoms with Crippen molar-refractivity contribution < 1.29 is 8.42 Å². The fourth-order valence-electron chi connectivity index (χ4n) is 3.34. The molecule has 160 valence electrons. The zero-order valence-corrected chi connectivity index (χ0v) is 20.7. The average molecular weight is 522 g/mol. The number of halogens is 1. The second kappa shape index (κ2) is 12.0. The Morgan fingerprint density at radius 1 is 1.18 bits per heavy atom. The van der Waals surface area contributed by atoms with Crippen LogP contribution in [0.2, 0.25) is 0 Å². The van der Waals surface area contributed by atoms with Crippen molar-refractivity contribution in [2.45, 2.75) is 39.7 Å². The predicted octanol–water partition coefficient (Wildman–Crippen LogP) is 2.94. The molecule has 2 rings (SSSR count). The number of benzene rings is 1. The van der Waals surface area contributed by atoms with Gasteiger partial charge in [-0.25, -0.2) is 12.7 Å². The predicted molar refractivity (Wildman–Crippen MR) is 128 cm³/mol. The van der Waals surface area contributed by atoms with Gasteiger partial charge in [0.15, 0.2) is 5.96 Å². The van der Waals surface area contributed by atoms with Crippen molar-refractivity contribution in [3.63, 3.8) is 0 Å². The lowest BCUT2D eigenvalue weighted by Gasteiger charge is -2.30. The van der Waals surface area contributed by atoms with Crippen molar-refractivity contribution in [3.8, 4) is 0 Å². The molecule has 8 heteroatoms. The third-order valence-corrected chi connectivity index (χ3v) is 6.39. The van der Waals surface area contributed by atoms with E-state index in [1.807, 2.05) is 0 Å². The molecule has 0 amide bonds. The number of hydrogen-bond acceptors (Lipinski definition) is 3. The SMILES string of the molecule is CCNC(=NCC1CCN(S(C)(=O)=O)CC1)N(C)Cc1ccc(CC)cc1.I. The van der Waals surface area contributed by atoms with Gasteiger partial charge >= 0.3 is 0 Å². The number of guanidine groups is 1. The Hall–Kier alpha value is -0.870. The number of aliphatic imine (C=N–C) groups is 1. The number of hydrogen-bond donors (Lipinski definition) is 1. The summed E-state index contributed by atoms with van der Waals surface area (Å²) >= 11 is 0. The van der Waals surface area contributed by atoms with E-state index in [2.05, 4.69) is 55.4 Å². The van der Waals surface area contributed by atoms with Crippen molar-refractivity contribution in [3.05, 3.63) is 35.4 Å². The first-order valence-corrected chi connectivity index (χ1v) is 11.7. The number of nitrogens with zero attached hydrogens (tertiary/aromatic N) is 3. The minimum atomic E-state index is -3.07. The lowest BCUT2D eigenvalue weighted by Crippen LogP contribution is -2.40. The highest BCUT2D eigenvalue weighted by molar-refractivity contribution is 14.0. The second-order valence-electron chi connectivity index (χ2n) is 7.33. The van der Waals surface area contributed by atoms with Gasteiger partial charge in [0.1, 0.15) is 0 Å². The quantitative estimate of drug-likeness (QED) is 0.340. The van der Waals surface area contributed by atoms with E-state index in [9.17, 15) is 8.42 Å². The van der Waals surface area contributed by atoms with E-state index in [4.69, 9.17) is 4.99 Å². The smallest absolute Gasteiger partial charge is 0.211 e. The molecule has 0 atom stereocenters. The van der Waals surface area contributed by atoms with Crippen molar-refractivity contribution >= 4 is 40.0 Å². The molecular weight excluding hydrogens is 487 g/mol. The van der Waals surface area contributed by atoms with E-state index >= 15 is 0 Å². The summed E-state index contributed by atoms with van der Waals surface area (Å²) in [5.74, 6) is 1.34. The molecule has 1 N–H and O–H groups in total. The molecule has 1 heterocycles. The molecule has 0 unspecified atom stereocenters. The van der Waals surface area contributed by atoms with E-state index < -0.39 is 10.0 Å². The van der Waals surface area contributed by atoms with Crippen LogP contribution in [0.15, 0.2) is 29.3 Å². The van der Waals surface area contributed by atoms with Crippen LogP contribution in [0.3, 0.4) is 0 Å². The number of piperidine rings is 1. The summed E-state index contributed by atoms with van der Waals surface area (Å²) in [6, 6.07) is 8.73. The van der Waals surface area contributed by atoms with Crippen molar-refractivity contribution in [2.75, 3.05) is 39.5 Å². The van der Waals surface area contributed by atoms with E-state index in [1.54, 1.807) is 4.31 Å². The normalized spacial score (nSPS) is 16.5. The van der Waals surface area contributed by atoms with Crippen LogP contribution in [0.4, 0.5) is 0 Å². The number of rotatable bonds is 7. The molecule has 6 nitrogen and oxygen atoms in total. The maximum absolute atomic E-state index is 11.6.